The molecule has 3 aliphatic carbocycles. The minimum absolute atomic E-state index is 0.482. The number of carbonyl (C=O) groups is 1. The van der Waals surface area contributed by atoms with E-state index in [0.29, 0.717) is 11.7 Å². The SMILES string of the molecule is C=C(C)CCC(=O)C1C2C3CCC(C3)C12. The van der Waals surface area contributed by atoms with E-state index in [9.17, 15) is 4.79 Å². The van der Waals surface area contributed by atoms with Gasteiger partial charge in [-0.25, -0.2) is 0 Å². The van der Waals surface area contributed by atoms with E-state index in [1.54, 1.807) is 0 Å². The van der Waals surface area contributed by atoms with Crippen LogP contribution in [0.1, 0.15) is 39.0 Å². The first-order valence-corrected chi connectivity index (χ1v) is 6.35. The zero-order valence-electron chi connectivity index (χ0n) is 9.54. The van der Waals surface area contributed by atoms with Crippen molar-refractivity contribution in [2.24, 2.45) is 29.6 Å². The summed E-state index contributed by atoms with van der Waals surface area (Å²) in [7, 11) is 0. The fourth-order valence-electron chi connectivity index (χ4n) is 4.26. The molecule has 0 saturated heterocycles. The Labute approximate surface area is 91.9 Å². The van der Waals surface area contributed by atoms with E-state index in [1.807, 2.05) is 6.92 Å². The summed E-state index contributed by atoms with van der Waals surface area (Å²) in [4.78, 5) is 12.0. The maximum absolute atomic E-state index is 12.0. The van der Waals surface area contributed by atoms with Crippen molar-refractivity contribution in [2.75, 3.05) is 0 Å². The van der Waals surface area contributed by atoms with Gasteiger partial charge in [0.1, 0.15) is 5.78 Å². The third-order valence-corrected chi connectivity index (χ3v) is 4.91. The molecule has 82 valence electrons. The largest absolute Gasteiger partial charge is 0.299 e. The number of fused-ring (bicyclic) bond motifs is 5. The van der Waals surface area contributed by atoms with Crippen molar-refractivity contribution < 1.29 is 4.79 Å². The number of hydrogen-bond acceptors (Lipinski definition) is 1. The molecule has 0 N–H and O–H groups in total. The van der Waals surface area contributed by atoms with Crippen LogP contribution in [0.3, 0.4) is 0 Å². The highest BCUT2D eigenvalue weighted by atomic mass is 16.1. The second kappa shape index (κ2) is 3.20. The third kappa shape index (κ3) is 1.39. The minimum atomic E-state index is 0.482. The molecular weight excluding hydrogens is 184 g/mol. The minimum Gasteiger partial charge on any atom is -0.299 e. The molecule has 15 heavy (non-hydrogen) atoms. The lowest BCUT2D eigenvalue weighted by molar-refractivity contribution is -0.121. The summed E-state index contributed by atoms with van der Waals surface area (Å²) in [6, 6.07) is 0. The predicted octanol–water partition coefficient (Wildman–Crippen LogP) is 3.20. The standard InChI is InChI=1S/C14H20O/c1-8(2)3-6-11(15)14-12-9-4-5-10(7-9)13(12)14/h9-10,12-14H,1,3-7H2,2H3. The van der Waals surface area contributed by atoms with Crippen LogP contribution in [-0.2, 0) is 4.79 Å². The predicted molar refractivity (Wildman–Crippen MR) is 60.4 cm³/mol. The number of allylic oxidation sites excluding steroid dienone is 1. The van der Waals surface area contributed by atoms with Gasteiger partial charge >= 0.3 is 0 Å². The molecule has 1 nitrogen and oxygen atoms in total. The molecule has 4 atom stereocenters. The summed E-state index contributed by atoms with van der Waals surface area (Å²) in [5.74, 6) is 4.53. The number of rotatable bonds is 4. The molecule has 1 heteroatoms. The molecule has 2 bridgehead atoms. The van der Waals surface area contributed by atoms with Crippen LogP contribution in [0.2, 0.25) is 0 Å². The third-order valence-electron chi connectivity index (χ3n) is 4.91. The van der Waals surface area contributed by atoms with E-state index in [2.05, 4.69) is 6.58 Å². The van der Waals surface area contributed by atoms with E-state index < -0.39 is 0 Å². The molecule has 0 amide bonds. The van der Waals surface area contributed by atoms with Gasteiger partial charge in [0.05, 0.1) is 0 Å². The van der Waals surface area contributed by atoms with Crippen molar-refractivity contribution in [1.82, 2.24) is 0 Å². The Hall–Kier alpha value is -0.590. The number of hydrogen-bond donors (Lipinski definition) is 0. The topological polar surface area (TPSA) is 17.1 Å². The van der Waals surface area contributed by atoms with Crippen LogP contribution in [0.25, 0.3) is 0 Å². The van der Waals surface area contributed by atoms with Crippen molar-refractivity contribution in [3.8, 4) is 0 Å². The van der Waals surface area contributed by atoms with Crippen LogP contribution in [0.5, 0.6) is 0 Å². The normalized spacial score (nSPS) is 45.3. The highest BCUT2D eigenvalue weighted by molar-refractivity contribution is 5.85. The van der Waals surface area contributed by atoms with Gasteiger partial charge in [0.25, 0.3) is 0 Å². The molecule has 0 aromatic heterocycles. The number of ketones is 1. The first-order valence-electron chi connectivity index (χ1n) is 6.35. The van der Waals surface area contributed by atoms with Gasteiger partial charge in [-0.3, -0.25) is 4.79 Å². The molecule has 4 unspecified atom stereocenters. The lowest BCUT2D eigenvalue weighted by Gasteiger charge is -2.07. The van der Waals surface area contributed by atoms with Crippen LogP contribution in [0.4, 0.5) is 0 Å². The maximum atomic E-state index is 12.0. The van der Waals surface area contributed by atoms with Gasteiger partial charge in [-0.2, -0.15) is 0 Å². The Balaban J connectivity index is 1.58. The van der Waals surface area contributed by atoms with E-state index in [4.69, 9.17) is 0 Å². The second-order valence-corrected chi connectivity index (χ2v) is 5.94. The molecule has 0 heterocycles. The van der Waals surface area contributed by atoms with Crippen LogP contribution >= 0.6 is 0 Å². The van der Waals surface area contributed by atoms with Gasteiger partial charge in [-0.1, -0.05) is 5.57 Å². The van der Waals surface area contributed by atoms with Crippen molar-refractivity contribution in [3.63, 3.8) is 0 Å². The van der Waals surface area contributed by atoms with Crippen LogP contribution in [0.15, 0.2) is 12.2 Å². The molecular formula is C14H20O. The van der Waals surface area contributed by atoms with Gasteiger partial charge in [-0.05, 0) is 56.3 Å². The lowest BCUT2D eigenvalue weighted by Crippen LogP contribution is -2.09. The summed E-state index contributed by atoms with van der Waals surface area (Å²) in [5.41, 5.74) is 1.15. The average molecular weight is 204 g/mol. The Kier molecular flexibility index (Phi) is 2.05. The summed E-state index contributed by atoms with van der Waals surface area (Å²) < 4.78 is 0. The molecule has 0 aromatic carbocycles. The quantitative estimate of drug-likeness (QED) is 0.643. The van der Waals surface area contributed by atoms with Crippen LogP contribution in [-0.4, -0.2) is 5.78 Å². The monoisotopic (exact) mass is 204 g/mol. The van der Waals surface area contributed by atoms with Crippen molar-refractivity contribution in [3.05, 3.63) is 12.2 Å². The van der Waals surface area contributed by atoms with Crippen LogP contribution in [0, 0.1) is 29.6 Å². The Bertz CT molecular complexity index is 301. The van der Waals surface area contributed by atoms with E-state index in [0.717, 1.165) is 42.1 Å². The summed E-state index contributed by atoms with van der Waals surface area (Å²) >= 11 is 0. The zero-order valence-corrected chi connectivity index (χ0v) is 9.54. The molecule has 3 aliphatic rings. The van der Waals surface area contributed by atoms with Gasteiger partial charge in [0, 0.05) is 12.3 Å². The molecule has 3 rings (SSSR count). The fourth-order valence-corrected chi connectivity index (χ4v) is 4.26. The van der Waals surface area contributed by atoms with E-state index in [1.165, 1.54) is 19.3 Å². The first kappa shape index (κ1) is 9.62. The maximum Gasteiger partial charge on any atom is 0.136 e. The molecule has 0 radical (unpaired) electrons. The average Bonchev–Trinajstić information content (AvgIpc) is 2.64. The summed E-state index contributed by atoms with van der Waals surface area (Å²) in [5, 5.41) is 0. The Morgan fingerprint density at radius 3 is 2.33 bits per heavy atom. The highest BCUT2D eigenvalue weighted by Gasteiger charge is 2.66. The van der Waals surface area contributed by atoms with Crippen molar-refractivity contribution in [2.45, 2.75) is 39.0 Å². The van der Waals surface area contributed by atoms with E-state index >= 15 is 0 Å². The smallest absolute Gasteiger partial charge is 0.136 e. The zero-order chi connectivity index (χ0) is 10.6. The number of carbonyl (C=O) groups excluding carboxylic acids is 1. The highest BCUT2D eigenvalue weighted by Crippen LogP contribution is 2.69. The lowest BCUT2D eigenvalue weighted by atomic mass is 9.97. The van der Waals surface area contributed by atoms with Gasteiger partial charge < -0.3 is 0 Å². The van der Waals surface area contributed by atoms with Gasteiger partial charge in [-0.15, -0.1) is 6.58 Å². The summed E-state index contributed by atoms with van der Waals surface area (Å²) in [6.07, 6.45) is 5.93. The molecule has 0 spiro atoms. The number of Topliss-reactive ketones (excluding diaryl/α,β-unsaturated/α-hetero) is 1. The second-order valence-electron chi connectivity index (χ2n) is 5.94. The van der Waals surface area contributed by atoms with Gasteiger partial charge in [0.2, 0.25) is 0 Å². The molecule has 0 aliphatic heterocycles. The molecule has 3 saturated carbocycles. The first-order chi connectivity index (χ1) is 7.18. The van der Waals surface area contributed by atoms with Crippen molar-refractivity contribution in [1.29, 1.82) is 0 Å². The van der Waals surface area contributed by atoms with E-state index in [-0.39, 0.29) is 0 Å². The van der Waals surface area contributed by atoms with Gasteiger partial charge in [0.15, 0.2) is 0 Å². The Morgan fingerprint density at radius 2 is 1.80 bits per heavy atom. The summed E-state index contributed by atoms with van der Waals surface area (Å²) in [6.45, 7) is 5.89. The Morgan fingerprint density at radius 1 is 1.20 bits per heavy atom. The van der Waals surface area contributed by atoms with Crippen molar-refractivity contribution >= 4 is 5.78 Å². The molecule has 0 aromatic rings. The molecule has 3 fully saturated rings. The van der Waals surface area contributed by atoms with Crippen LogP contribution < -0.4 is 0 Å². The fraction of sp³-hybridized carbons (Fsp3) is 0.786.